The zero-order valence-corrected chi connectivity index (χ0v) is 6.82. The van der Waals surface area contributed by atoms with Crippen LogP contribution >= 0.6 is 12.6 Å². The van der Waals surface area contributed by atoms with Crippen molar-refractivity contribution in [1.29, 1.82) is 0 Å². The zero-order valence-electron chi connectivity index (χ0n) is 3.07. The molecule has 0 atom stereocenters. The maximum atomic E-state index is 4.02. The Morgan fingerprint density at radius 3 is 2.20 bits per heavy atom. The summed E-state index contributed by atoms with van der Waals surface area (Å²) in [5.41, 5.74) is 0. The second-order valence-electron chi connectivity index (χ2n) is 0.827. The van der Waals surface area contributed by atoms with E-state index in [1.165, 1.54) is 10.9 Å². The summed E-state index contributed by atoms with van der Waals surface area (Å²) < 4.78 is 1.36. The molecule has 0 rings (SSSR count). The van der Waals surface area contributed by atoms with Gasteiger partial charge in [0.1, 0.15) is 0 Å². The Hall–Kier alpha value is 1.15. The minimum absolute atomic E-state index is 1.06. The normalized spacial score (nSPS) is 8.40. The van der Waals surface area contributed by atoms with Crippen molar-refractivity contribution in [3.8, 4) is 0 Å². The standard InChI is InChI=1S/C3H7S.Sn/c1-2-3-4;/h4H,1-3H2;. The van der Waals surface area contributed by atoms with Gasteiger partial charge in [-0.3, -0.25) is 0 Å². The van der Waals surface area contributed by atoms with E-state index in [1.807, 2.05) is 0 Å². The van der Waals surface area contributed by atoms with E-state index < -0.39 is 0 Å². The zero-order chi connectivity index (χ0) is 4.12. The summed E-state index contributed by atoms with van der Waals surface area (Å²) >= 11 is 5.65. The van der Waals surface area contributed by atoms with Gasteiger partial charge < -0.3 is 0 Å². The van der Waals surface area contributed by atoms with Gasteiger partial charge >= 0.3 is 51.8 Å². The van der Waals surface area contributed by atoms with Gasteiger partial charge in [-0.2, -0.15) is 0 Å². The van der Waals surface area contributed by atoms with E-state index in [1.54, 1.807) is 22.5 Å². The summed E-state index contributed by atoms with van der Waals surface area (Å²) in [5.74, 6) is 1.06. The quantitative estimate of drug-likeness (QED) is 0.489. The molecule has 0 aromatic rings. The van der Waals surface area contributed by atoms with Crippen LogP contribution in [0.25, 0.3) is 0 Å². The summed E-state index contributed by atoms with van der Waals surface area (Å²) in [7, 11) is 0. The molecule has 0 spiro atoms. The van der Waals surface area contributed by atoms with Gasteiger partial charge in [-0.1, -0.05) is 0 Å². The van der Waals surface area contributed by atoms with Crippen LogP contribution in [0.4, 0.5) is 0 Å². The first-order valence-corrected chi connectivity index (χ1v) is 4.32. The number of thiol groups is 1. The van der Waals surface area contributed by atoms with Crippen molar-refractivity contribution >= 4 is 35.2 Å². The molecule has 0 amide bonds. The number of hydrogen-bond acceptors (Lipinski definition) is 1. The Balaban J connectivity index is 2.19. The van der Waals surface area contributed by atoms with Gasteiger partial charge in [0.15, 0.2) is 0 Å². The van der Waals surface area contributed by atoms with Crippen LogP contribution in [0.15, 0.2) is 0 Å². The Labute approximate surface area is 51.8 Å². The first-order valence-electron chi connectivity index (χ1n) is 1.67. The van der Waals surface area contributed by atoms with Crippen LogP contribution in [0.1, 0.15) is 6.42 Å². The number of hydrogen-bond donors (Lipinski definition) is 1. The molecule has 0 aliphatic heterocycles. The number of rotatable bonds is 2. The average Bonchev–Trinajstić information content (AvgIpc) is 1.41. The van der Waals surface area contributed by atoms with Crippen LogP contribution < -0.4 is 0 Å². The van der Waals surface area contributed by atoms with Gasteiger partial charge in [-0.05, 0) is 0 Å². The van der Waals surface area contributed by atoms with Crippen LogP contribution in [0.3, 0.4) is 0 Å². The summed E-state index contributed by atoms with van der Waals surface area (Å²) in [6.07, 6.45) is 1.29. The molecule has 0 bridgehead atoms. The fraction of sp³-hybridized carbons (Fsp3) is 1.00. The van der Waals surface area contributed by atoms with Crippen molar-refractivity contribution in [2.24, 2.45) is 0 Å². The van der Waals surface area contributed by atoms with Crippen LogP contribution in [0.2, 0.25) is 4.44 Å². The van der Waals surface area contributed by atoms with Crippen molar-refractivity contribution < 1.29 is 0 Å². The topological polar surface area (TPSA) is 0 Å². The molecular weight excluding hydrogens is 187 g/mol. The third kappa shape index (κ3) is 5.15. The molecule has 0 aromatic heterocycles. The van der Waals surface area contributed by atoms with E-state index in [0.717, 1.165) is 5.75 Å². The molecule has 0 aliphatic rings. The van der Waals surface area contributed by atoms with Crippen LogP contribution in [0.5, 0.6) is 0 Å². The van der Waals surface area contributed by atoms with Gasteiger partial charge in [0.05, 0.1) is 0 Å². The maximum absolute atomic E-state index is 4.02. The Morgan fingerprint density at radius 2 is 2.20 bits per heavy atom. The van der Waals surface area contributed by atoms with E-state index in [4.69, 9.17) is 0 Å². The summed E-state index contributed by atoms with van der Waals surface area (Å²) in [5, 5.41) is 0. The first kappa shape index (κ1) is 6.15. The fourth-order valence-electron chi connectivity index (χ4n) is 0.0791. The molecule has 3 radical (unpaired) electrons. The molecule has 0 aromatic carbocycles. The molecule has 0 unspecified atom stereocenters. The summed E-state index contributed by atoms with van der Waals surface area (Å²) in [6.45, 7) is 0. The molecular formula is C3H7SSn. The fourth-order valence-corrected chi connectivity index (χ4v) is 1.59. The predicted molar refractivity (Wildman–Crippen MR) is 29.0 cm³/mol. The van der Waals surface area contributed by atoms with Crippen molar-refractivity contribution in [2.45, 2.75) is 10.9 Å². The van der Waals surface area contributed by atoms with Gasteiger partial charge in [0.25, 0.3) is 0 Å². The minimum atomic E-state index is 1.06. The summed E-state index contributed by atoms with van der Waals surface area (Å²) in [4.78, 5) is 0. The Morgan fingerprint density at radius 1 is 1.60 bits per heavy atom. The third-order valence-electron chi connectivity index (χ3n) is 0.335. The molecule has 0 N–H and O–H groups in total. The second kappa shape index (κ2) is 5.15. The van der Waals surface area contributed by atoms with E-state index in [9.17, 15) is 0 Å². The van der Waals surface area contributed by atoms with Gasteiger partial charge in [-0.15, -0.1) is 0 Å². The van der Waals surface area contributed by atoms with E-state index in [0.29, 0.717) is 0 Å². The van der Waals surface area contributed by atoms with E-state index in [2.05, 4.69) is 12.6 Å². The molecule has 0 saturated heterocycles. The Kier molecular flexibility index (Phi) is 6.33. The first-order chi connectivity index (χ1) is 2.41. The molecule has 0 aliphatic carbocycles. The van der Waals surface area contributed by atoms with E-state index >= 15 is 0 Å². The van der Waals surface area contributed by atoms with Crippen molar-refractivity contribution in [3.05, 3.63) is 0 Å². The molecule has 0 fully saturated rings. The monoisotopic (exact) mass is 195 g/mol. The SMILES string of the molecule is SCC[CH2][Sn]. The van der Waals surface area contributed by atoms with Crippen molar-refractivity contribution in [2.75, 3.05) is 5.75 Å². The van der Waals surface area contributed by atoms with Crippen molar-refractivity contribution in [3.63, 3.8) is 0 Å². The predicted octanol–water partition coefficient (Wildman–Crippen LogP) is 0.893. The second-order valence-corrected chi connectivity index (χ2v) is 2.70. The average molecular weight is 194 g/mol. The molecule has 0 heterocycles. The van der Waals surface area contributed by atoms with E-state index in [-0.39, 0.29) is 0 Å². The molecule has 0 saturated carbocycles. The molecule has 29 valence electrons. The van der Waals surface area contributed by atoms with Gasteiger partial charge in [0.2, 0.25) is 0 Å². The molecule has 0 nitrogen and oxygen atoms in total. The Bertz CT molecular complexity index is 14.4. The van der Waals surface area contributed by atoms with Crippen molar-refractivity contribution in [1.82, 2.24) is 0 Å². The van der Waals surface area contributed by atoms with Gasteiger partial charge in [0, 0.05) is 0 Å². The summed E-state index contributed by atoms with van der Waals surface area (Å²) in [6, 6.07) is 0. The molecule has 5 heavy (non-hydrogen) atoms. The van der Waals surface area contributed by atoms with Crippen LogP contribution in [-0.2, 0) is 0 Å². The van der Waals surface area contributed by atoms with Crippen LogP contribution in [-0.4, -0.2) is 28.3 Å². The third-order valence-corrected chi connectivity index (χ3v) is 1.66. The van der Waals surface area contributed by atoms with Crippen LogP contribution in [0, 0.1) is 0 Å². The molecule has 2 heteroatoms. The van der Waals surface area contributed by atoms with Gasteiger partial charge in [-0.25, -0.2) is 0 Å².